The first-order valence-electron chi connectivity index (χ1n) is 9.07. The molecule has 0 spiro atoms. The molecule has 0 unspecified atom stereocenters. The van der Waals surface area contributed by atoms with Crippen LogP contribution in [0.5, 0.6) is 11.5 Å². The van der Waals surface area contributed by atoms with Gasteiger partial charge in [-0.2, -0.15) is 0 Å². The Morgan fingerprint density at radius 3 is 2.52 bits per heavy atom. The van der Waals surface area contributed by atoms with Crippen molar-refractivity contribution in [2.75, 3.05) is 18.5 Å². The van der Waals surface area contributed by atoms with Crippen LogP contribution in [-0.4, -0.2) is 25.0 Å². The second-order valence-electron chi connectivity index (χ2n) is 6.66. The Kier molecular flexibility index (Phi) is 6.01. The van der Waals surface area contributed by atoms with E-state index < -0.39 is 5.91 Å². The van der Waals surface area contributed by atoms with Crippen molar-refractivity contribution in [2.24, 2.45) is 11.7 Å². The maximum atomic E-state index is 12.3. The number of ether oxygens (including phenoxy) is 2. The van der Waals surface area contributed by atoms with Gasteiger partial charge in [-0.3, -0.25) is 9.59 Å². The molecule has 3 rings (SSSR count). The molecule has 2 aromatic rings. The number of amides is 2. The number of benzene rings is 1. The van der Waals surface area contributed by atoms with E-state index in [0.29, 0.717) is 28.8 Å². The van der Waals surface area contributed by atoms with Gasteiger partial charge in [0.25, 0.3) is 11.8 Å². The number of rotatable bonds is 7. The quantitative estimate of drug-likeness (QED) is 0.761. The van der Waals surface area contributed by atoms with Crippen molar-refractivity contribution in [1.29, 1.82) is 0 Å². The van der Waals surface area contributed by atoms with Gasteiger partial charge in [-0.1, -0.05) is 6.92 Å². The molecule has 0 radical (unpaired) electrons. The van der Waals surface area contributed by atoms with Crippen molar-refractivity contribution in [2.45, 2.75) is 33.1 Å². The Morgan fingerprint density at radius 2 is 1.89 bits per heavy atom. The first-order chi connectivity index (χ1) is 13.0. The van der Waals surface area contributed by atoms with E-state index in [2.05, 4.69) is 12.2 Å². The maximum Gasteiger partial charge on any atom is 0.262 e. The number of fused-ring (bicyclic) bond motifs is 1. The van der Waals surface area contributed by atoms with Gasteiger partial charge < -0.3 is 20.5 Å². The third kappa shape index (κ3) is 4.60. The van der Waals surface area contributed by atoms with Gasteiger partial charge in [-0.05, 0) is 61.9 Å². The van der Waals surface area contributed by atoms with Crippen molar-refractivity contribution < 1.29 is 19.1 Å². The molecular formula is C20H24N2O4S. The van der Waals surface area contributed by atoms with E-state index in [0.717, 1.165) is 35.5 Å². The highest BCUT2D eigenvalue weighted by molar-refractivity contribution is 7.17. The number of carbonyl (C=O) groups is 2. The van der Waals surface area contributed by atoms with Gasteiger partial charge in [0.1, 0.15) is 16.5 Å². The van der Waals surface area contributed by atoms with E-state index in [1.807, 2.05) is 6.92 Å². The summed E-state index contributed by atoms with van der Waals surface area (Å²) in [5, 5.41) is 3.32. The topological polar surface area (TPSA) is 90.7 Å². The molecule has 27 heavy (non-hydrogen) atoms. The average molecular weight is 388 g/mol. The number of hydrogen-bond acceptors (Lipinski definition) is 5. The van der Waals surface area contributed by atoms with Crippen LogP contribution in [0.15, 0.2) is 24.3 Å². The van der Waals surface area contributed by atoms with E-state index in [1.54, 1.807) is 24.3 Å². The largest absolute Gasteiger partial charge is 0.494 e. The number of anilines is 1. The maximum absolute atomic E-state index is 12.3. The minimum atomic E-state index is -0.496. The van der Waals surface area contributed by atoms with E-state index >= 15 is 0 Å². The van der Waals surface area contributed by atoms with E-state index in [1.165, 1.54) is 11.3 Å². The zero-order valence-electron chi connectivity index (χ0n) is 15.5. The van der Waals surface area contributed by atoms with Crippen LogP contribution in [0.2, 0.25) is 0 Å². The summed E-state index contributed by atoms with van der Waals surface area (Å²) in [6, 6.07) is 7.07. The van der Waals surface area contributed by atoms with Crippen molar-refractivity contribution >= 4 is 28.2 Å². The molecule has 0 fully saturated rings. The predicted octanol–water partition coefficient (Wildman–Crippen LogP) is 3.39. The Balaban J connectivity index is 1.64. The Bertz CT molecular complexity index is 829. The van der Waals surface area contributed by atoms with Gasteiger partial charge in [-0.25, -0.2) is 0 Å². The van der Waals surface area contributed by atoms with Gasteiger partial charge in [0.2, 0.25) is 0 Å². The standard InChI is InChI=1S/C20H24N2O4S/c1-3-25-13-5-7-14(8-6-13)26-11-17(23)22-20-18(19(21)24)15-9-4-12(2)10-16(15)27-20/h5-8,12H,3-4,9-11H2,1-2H3,(H2,21,24)(H,22,23)/t12-/m1/s1. The summed E-state index contributed by atoms with van der Waals surface area (Å²) in [4.78, 5) is 25.4. The molecule has 0 bridgehead atoms. The molecule has 2 amide bonds. The van der Waals surface area contributed by atoms with Crippen LogP contribution in [0, 0.1) is 5.92 Å². The summed E-state index contributed by atoms with van der Waals surface area (Å²) in [5.41, 5.74) is 7.02. The van der Waals surface area contributed by atoms with Crippen LogP contribution in [0.4, 0.5) is 5.00 Å². The SMILES string of the molecule is CCOc1ccc(OCC(=O)Nc2sc3c(c2C(N)=O)CC[C@@H](C)C3)cc1. The zero-order chi connectivity index (χ0) is 19.4. The first-order valence-corrected chi connectivity index (χ1v) is 9.89. The first kappa shape index (κ1) is 19.2. The van der Waals surface area contributed by atoms with Gasteiger partial charge in [0.05, 0.1) is 12.2 Å². The van der Waals surface area contributed by atoms with Crippen LogP contribution < -0.4 is 20.5 Å². The Labute approximate surface area is 162 Å². The van der Waals surface area contributed by atoms with E-state index in [-0.39, 0.29) is 12.5 Å². The number of nitrogens with two attached hydrogens (primary N) is 1. The highest BCUT2D eigenvalue weighted by Gasteiger charge is 2.27. The fourth-order valence-electron chi connectivity index (χ4n) is 3.21. The summed E-state index contributed by atoms with van der Waals surface area (Å²) in [6.07, 6.45) is 2.76. The lowest BCUT2D eigenvalue weighted by Gasteiger charge is -2.18. The van der Waals surface area contributed by atoms with Crippen molar-refractivity contribution in [3.05, 3.63) is 40.3 Å². The molecule has 1 aromatic carbocycles. The number of thiophene rings is 1. The molecule has 7 heteroatoms. The van der Waals surface area contributed by atoms with Gasteiger partial charge in [-0.15, -0.1) is 11.3 Å². The second kappa shape index (κ2) is 8.43. The number of carbonyl (C=O) groups excluding carboxylic acids is 2. The predicted molar refractivity (Wildman–Crippen MR) is 106 cm³/mol. The van der Waals surface area contributed by atoms with Gasteiger partial charge in [0, 0.05) is 4.88 Å². The Morgan fingerprint density at radius 1 is 1.22 bits per heavy atom. The molecule has 0 saturated heterocycles. The van der Waals surface area contributed by atoms with Gasteiger partial charge in [0.15, 0.2) is 6.61 Å². The molecule has 1 atom stereocenters. The molecular weight excluding hydrogens is 364 g/mol. The highest BCUT2D eigenvalue weighted by atomic mass is 32.1. The summed E-state index contributed by atoms with van der Waals surface area (Å²) in [5.74, 6) is 1.08. The summed E-state index contributed by atoms with van der Waals surface area (Å²) >= 11 is 1.45. The molecule has 1 aliphatic rings. The molecule has 1 heterocycles. The Hall–Kier alpha value is -2.54. The number of nitrogens with one attached hydrogen (secondary N) is 1. The van der Waals surface area contributed by atoms with Gasteiger partial charge >= 0.3 is 0 Å². The third-order valence-corrected chi connectivity index (χ3v) is 5.69. The molecule has 6 nitrogen and oxygen atoms in total. The monoisotopic (exact) mass is 388 g/mol. The summed E-state index contributed by atoms with van der Waals surface area (Å²) < 4.78 is 10.9. The smallest absolute Gasteiger partial charge is 0.262 e. The van der Waals surface area contributed by atoms with Crippen molar-refractivity contribution in [1.82, 2.24) is 0 Å². The molecule has 144 valence electrons. The van der Waals surface area contributed by atoms with Crippen LogP contribution >= 0.6 is 11.3 Å². The number of primary amides is 1. The lowest BCUT2D eigenvalue weighted by atomic mass is 9.88. The zero-order valence-corrected chi connectivity index (χ0v) is 16.4. The lowest BCUT2D eigenvalue weighted by molar-refractivity contribution is -0.118. The minimum Gasteiger partial charge on any atom is -0.494 e. The fourth-order valence-corrected chi connectivity index (χ4v) is 4.64. The minimum absolute atomic E-state index is 0.148. The fraction of sp³-hybridized carbons (Fsp3) is 0.400. The molecule has 0 aliphatic heterocycles. The lowest BCUT2D eigenvalue weighted by Crippen LogP contribution is -2.22. The summed E-state index contributed by atoms with van der Waals surface area (Å²) in [7, 11) is 0. The average Bonchev–Trinajstić information content (AvgIpc) is 2.98. The van der Waals surface area contributed by atoms with Crippen molar-refractivity contribution in [3.63, 3.8) is 0 Å². The van der Waals surface area contributed by atoms with Crippen LogP contribution in [0.25, 0.3) is 0 Å². The molecule has 1 aromatic heterocycles. The normalized spacial score (nSPS) is 15.7. The van der Waals surface area contributed by atoms with Crippen LogP contribution in [0.1, 0.15) is 41.1 Å². The van der Waals surface area contributed by atoms with Crippen LogP contribution in [0.3, 0.4) is 0 Å². The van der Waals surface area contributed by atoms with E-state index in [4.69, 9.17) is 15.2 Å². The number of hydrogen-bond donors (Lipinski definition) is 2. The molecule has 1 aliphatic carbocycles. The second-order valence-corrected chi connectivity index (χ2v) is 7.77. The van der Waals surface area contributed by atoms with Crippen molar-refractivity contribution in [3.8, 4) is 11.5 Å². The summed E-state index contributed by atoms with van der Waals surface area (Å²) in [6.45, 7) is 4.55. The van der Waals surface area contributed by atoms with E-state index in [9.17, 15) is 9.59 Å². The molecule has 3 N–H and O–H groups in total. The highest BCUT2D eigenvalue weighted by Crippen LogP contribution is 2.39. The molecule has 0 saturated carbocycles. The third-order valence-electron chi connectivity index (χ3n) is 4.52. The van der Waals surface area contributed by atoms with Crippen LogP contribution in [-0.2, 0) is 17.6 Å².